The summed E-state index contributed by atoms with van der Waals surface area (Å²) in [6.07, 6.45) is 10.7. The van der Waals surface area contributed by atoms with Crippen LogP contribution in [0.25, 0.3) is 0 Å². The van der Waals surface area contributed by atoms with Crippen molar-refractivity contribution < 1.29 is 0 Å². The third-order valence-corrected chi connectivity index (χ3v) is 2.37. The van der Waals surface area contributed by atoms with Crippen molar-refractivity contribution in [2.45, 2.75) is 26.2 Å². The van der Waals surface area contributed by atoms with Crippen molar-refractivity contribution in [1.82, 2.24) is 0 Å². The fourth-order valence-electron chi connectivity index (χ4n) is 1.53. The molecule has 0 spiro atoms. The van der Waals surface area contributed by atoms with Gasteiger partial charge in [0.1, 0.15) is 0 Å². The molecule has 0 aromatic rings. The van der Waals surface area contributed by atoms with E-state index in [1.54, 1.807) is 5.57 Å². The molecule has 0 heterocycles. The molecular formula is C10H12. The van der Waals surface area contributed by atoms with Crippen LogP contribution >= 0.6 is 0 Å². The molecule has 2 rings (SSSR count). The Labute approximate surface area is 61.9 Å². The zero-order valence-electron chi connectivity index (χ0n) is 6.35. The van der Waals surface area contributed by atoms with Crippen LogP contribution in [0.1, 0.15) is 26.2 Å². The van der Waals surface area contributed by atoms with Gasteiger partial charge in [-0.15, -0.1) is 0 Å². The Morgan fingerprint density at radius 1 is 1.30 bits per heavy atom. The average molecular weight is 132 g/mol. The van der Waals surface area contributed by atoms with Crippen LogP contribution in [-0.2, 0) is 0 Å². The fourth-order valence-corrected chi connectivity index (χ4v) is 1.53. The van der Waals surface area contributed by atoms with E-state index < -0.39 is 0 Å². The molecule has 0 bridgehead atoms. The van der Waals surface area contributed by atoms with Crippen LogP contribution in [0.15, 0.2) is 34.9 Å². The van der Waals surface area contributed by atoms with Crippen LogP contribution in [-0.4, -0.2) is 0 Å². The minimum atomic E-state index is 1.34. The van der Waals surface area contributed by atoms with E-state index >= 15 is 0 Å². The van der Waals surface area contributed by atoms with E-state index in [4.69, 9.17) is 0 Å². The lowest BCUT2D eigenvalue weighted by molar-refractivity contribution is 0.656. The van der Waals surface area contributed by atoms with Gasteiger partial charge in [-0.25, -0.2) is 0 Å². The molecule has 0 amide bonds. The van der Waals surface area contributed by atoms with Crippen molar-refractivity contribution in [1.29, 1.82) is 0 Å². The number of rotatable bonds is 0. The van der Waals surface area contributed by atoms with Crippen LogP contribution in [0, 0.1) is 0 Å². The lowest BCUT2D eigenvalue weighted by Gasteiger charge is -2.19. The van der Waals surface area contributed by atoms with Crippen molar-refractivity contribution in [2.75, 3.05) is 0 Å². The topological polar surface area (TPSA) is 0 Å². The number of allylic oxidation sites excluding steroid dienone is 6. The normalized spacial score (nSPS) is 23.1. The molecule has 2 aliphatic carbocycles. The predicted molar refractivity (Wildman–Crippen MR) is 43.8 cm³/mol. The van der Waals surface area contributed by atoms with Gasteiger partial charge < -0.3 is 0 Å². The van der Waals surface area contributed by atoms with Gasteiger partial charge in [0.05, 0.1) is 0 Å². The third-order valence-electron chi connectivity index (χ3n) is 2.37. The van der Waals surface area contributed by atoms with E-state index in [2.05, 4.69) is 25.2 Å². The lowest BCUT2D eigenvalue weighted by Crippen LogP contribution is -2.00. The Kier molecular flexibility index (Phi) is 1.26. The van der Waals surface area contributed by atoms with Gasteiger partial charge in [0, 0.05) is 0 Å². The molecule has 1 fully saturated rings. The first-order chi connectivity index (χ1) is 4.88. The smallest absolute Gasteiger partial charge is 0.0235 e. The second-order valence-corrected chi connectivity index (χ2v) is 3.08. The minimum absolute atomic E-state index is 1.34. The molecule has 10 heavy (non-hydrogen) atoms. The molecule has 0 heteroatoms. The molecule has 0 aliphatic heterocycles. The van der Waals surface area contributed by atoms with Crippen LogP contribution in [0.4, 0.5) is 0 Å². The monoisotopic (exact) mass is 132 g/mol. The molecule has 0 saturated heterocycles. The summed E-state index contributed by atoms with van der Waals surface area (Å²) in [6.45, 7) is 2.20. The van der Waals surface area contributed by atoms with Crippen LogP contribution in [0.2, 0.25) is 0 Å². The summed E-state index contributed by atoms with van der Waals surface area (Å²) >= 11 is 0. The van der Waals surface area contributed by atoms with Gasteiger partial charge >= 0.3 is 0 Å². The molecule has 0 atom stereocenters. The van der Waals surface area contributed by atoms with Crippen molar-refractivity contribution in [2.24, 2.45) is 0 Å². The first kappa shape index (κ1) is 5.96. The first-order valence-electron chi connectivity index (χ1n) is 3.95. The van der Waals surface area contributed by atoms with E-state index in [9.17, 15) is 0 Å². The highest BCUT2D eigenvalue weighted by molar-refractivity contribution is 5.50. The minimum Gasteiger partial charge on any atom is -0.0627 e. The second-order valence-electron chi connectivity index (χ2n) is 3.08. The maximum absolute atomic E-state index is 2.24. The summed E-state index contributed by atoms with van der Waals surface area (Å²) in [5.41, 5.74) is 4.64. The number of hydrogen-bond acceptors (Lipinski definition) is 0. The second kappa shape index (κ2) is 2.12. The van der Waals surface area contributed by atoms with Crippen molar-refractivity contribution in [3.8, 4) is 0 Å². The van der Waals surface area contributed by atoms with Gasteiger partial charge in [0.25, 0.3) is 0 Å². The molecule has 2 aliphatic rings. The lowest BCUT2D eigenvalue weighted by atomic mass is 9.86. The van der Waals surface area contributed by atoms with Crippen molar-refractivity contribution >= 4 is 0 Å². The highest BCUT2D eigenvalue weighted by atomic mass is 14.2. The van der Waals surface area contributed by atoms with Crippen LogP contribution in [0.3, 0.4) is 0 Å². The van der Waals surface area contributed by atoms with Gasteiger partial charge in [0.2, 0.25) is 0 Å². The van der Waals surface area contributed by atoms with E-state index in [1.807, 2.05) is 0 Å². The van der Waals surface area contributed by atoms with Crippen LogP contribution in [0.5, 0.6) is 0 Å². The molecular weight excluding hydrogens is 120 g/mol. The predicted octanol–water partition coefficient (Wildman–Crippen LogP) is 2.98. The fraction of sp³-hybridized carbons (Fsp3) is 0.400. The molecule has 0 aromatic carbocycles. The Bertz CT molecular complexity index is 233. The van der Waals surface area contributed by atoms with E-state index in [0.29, 0.717) is 0 Å². The molecule has 0 nitrogen and oxygen atoms in total. The van der Waals surface area contributed by atoms with Crippen molar-refractivity contribution in [3.63, 3.8) is 0 Å². The summed E-state index contributed by atoms with van der Waals surface area (Å²) in [5, 5.41) is 0. The summed E-state index contributed by atoms with van der Waals surface area (Å²) in [4.78, 5) is 0. The Balaban J connectivity index is 2.33. The zero-order valence-corrected chi connectivity index (χ0v) is 6.35. The van der Waals surface area contributed by atoms with Crippen molar-refractivity contribution in [3.05, 3.63) is 34.9 Å². The Hall–Kier alpha value is -0.780. The molecule has 0 N–H and O–H groups in total. The highest BCUT2D eigenvalue weighted by Gasteiger charge is 2.14. The molecule has 0 aromatic heterocycles. The summed E-state index contributed by atoms with van der Waals surface area (Å²) < 4.78 is 0. The maximum Gasteiger partial charge on any atom is -0.0235 e. The standard InChI is InChI=1S/C10H12/c1-8-4-2-7-10(8)9-5-3-6-9/h2,4,7H,3,5-6H2,1H3. The summed E-state index contributed by atoms with van der Waals surface area (Å²) in [7, 11) is 0. The Morgan fingerprint density at radius 2 is 2.10 bits per heavy atom. The molecule has 0 radical (unpaired) electrons. The SMILES string of the molecule is CC1=CC=CC1=C1CCC1. The van der Waals surface area contributed by atoms with Gasteiger partial charge in [-0.3, -0.25) is 0 Å². The van der Waals surface area contributed by atoms with E-state index in [1.165, 1.54) is 30.4 Å². The molecule has 1 saturated carbocycles. The highest BCUT2D eigenvalue weighted by Crippen LogP contribution is 2.34. The van der Waals surface area contributed by atoms with Gasteiger partial charge in [-0.2, -0.15) is 0 Å². The molecule has 0 unspecified atom stereocenters. The molecule has 52 valence electrons. The van der Waals surface area contributed by atoms with E-state index in [-0.39, 0.29) is 0 Å². The zero-order chi connectivity index (χ0) is 6.97. The number of hydrogen-bond donors (Lipinski definition) is 0. The maximum atomic E-state index is 2.24. The van der Waals surface area contributed by atoms with Gasteiger partial charge in [-0.1, -0.05) is 23.8 Å². The van der Waals surface area contributed by atoms with Gasteiger partial charge in [-0.05, 0) is 37.3 Å². The van der Waals surface area contributed by atoms with Gasteiger partial charge in [0.15, 0.2) is 0 Å². The van der Waals surface area contributed by atoms with Crippen LogP contribution < -0.4 is 0 Å². The average Bonchev–Trinajstić information content (AvgIpc) is 2.12. The third kappa shape index (κ3) is 0.756. The first-order valence-corrected chi connectivity index (χ1v) is 3.95. The quantitative estimate of drug-likeness (QED) is 0.475. The van der Waals surface area contributed by atoms with E-state index in [0.717, 1.165) is 0 Å². The Morgan fingerprint density at radius 3 is 2.50 bits per heavy atom. The summed E-state index contributed by atoms with van der Waals surface area (Å²) in [5.74, 6) is 0. The largest absolute Gasteiger partial charge is 0.0627 e. The summed E-state index contributed by atoms with van der Waals surface area (Å²) in [6, 6.07) is 0.